The van der Waals surface area contributed by atoms with Crippen molar-refractivity contribution in [2.45, 2.75) is 0 Å². The summed E-state index contributed by atoms with van der Waals surface area (Å²) < 4.78 is 10.1. The van der Waals surface area contributed by atoms with Gasteiger partial charge in [-0.15, -0.1) is 0 Å². The lowest BCUT2D eigenvalue weighted by atomic mass is 10.1. The van der Waals surface area contributed by atoms with Crippen LogP contribution in [0.15, 0.2) is 70.9 Å². The number of nitriles is 1. The molecule has 144 valence electrons. The quantitative estimate of drug-likeness (QED) is 0.256. The van der Waals surface area contributed by atoms with Gasteiger partial charge in [0.1, 0.15) is 17.4 Å². The predicted octanol–water partition coefficient (Wildman–Crippen LogP) is 5.35. The first-order valence-corrected chi connectivity index (χ1v) is 8.96. The minimum atomic E-state index is -0.628. The second-order valence-electron chi connectivity index (χ2n) is 5.69. The van der Waals surface area contributed by atoms with Crippen LogP contribution in [0, 0.1) is 11.3 Å². The second kappa shape index (κ2) is 9.11. The van der Waals surface area contributed by atoms with Crippen LogP contribution in [0.25, 0.3) is 6.08 Å². The number of benzene rings is 2. The number of rotatable bonds is 5. The highest BCUT2D eigenvalue weighted by Gasteiger charge is 2.12. The van der Waals surface area contributed by atoms with E-state index >= 15 is 0 Å². The first kappa shape index (κ1) is 20.2. The number of hydrogen-bond donors (Lipinski definition) is 1. The van der Waals surface area contributed by atoms with Crippen molar-refractivity contribution in [2.75, 3.05) is 5.32 Å². The number of carbonyl (C=O) groups is 2. The van der Waals surface area contributed by atoms with Gasteiger partial charge in [0.05, 0.1) is 16.3 Å². The third-order valence-corrected chi connectivity index (χ3v) is 4.41. The Morgan fingerprint density at radius 3 is 2.45 bits per heavy atom. The summed E-state index contributed by atoms with van der Waals surface area (Å²) in [6, 6.07) is 15.8. The van der Waals surface area contributed by atoms with E-state index in [0.717, 1.165) is 0 Å². The van der Waals surface area contributed by atoms with Crippen LogP contribution in [0.4, 0.5) is 5.69 Å². The molecule has 0 atom stereocenters. The van der Waals surface area contributed by atoms with Crippen LogP contribution in [0.2, 0.25) is 10.0 Å². The highest BCUT2D eigenvalue weighted by Crippen LogP contribution is 2.25. The van der Waals surface area contributed by atoms with E-state index in [1.54, 1.807) is 36.4 Å². The van der Waals surface area contributed by atoms with Gasteiger partial charge < -0.3 is 14.5 Å². The first-order chi connectivity index (χ1) is 14.0. The molecule has 1 aromatic heterocycles. The molecule has 0 unspecified atom stereocenters. The molecule has 0 aliphatic heterocycles. The van der Waals surface area contributed by atoms with E-state index in [2.05, 4.69) is 5.32 Å². The molecule has 1 N–H and O–H groups in total. The monoisotopic (exact) mass is 426 g/mol. The Morgan fingerprint density at radius 1 is 1.07 bits per heavy atom. The molecule has 1 amide bonds. The normalized spacial score (nSPS) is 10.9. The number of amides is 1. The van der Waals surface area contributed by atoms with Crippen molar-refractivity contribution in [3.8, 4) is 11.8 Å². The lowest BCUT2D eigenvalue weighted by Crippen LogP contribution is -2.13. The molecular weight excluding hydrogens is 415 g/mol. The fraction of sp³-hybridized carbons (Fsp3) is 0. The molecule has 0 aliphatic rings. The highest BCUT2D eigenvalue weighted by atomic mass is 35.5. The first-order valence-electron chi connectivity index (χ1n) is 8.20. The Kier molecular flexibility index (Phi) is 6.35. The lowest BCUT2D eigenvalue weighted by molar-refractivity contribution is -0.112. The minimum Gasteiger partial charge on any atom is -0.457 e. The van der Waals surface area contributed by atoms with Gasteiger partial charge in [0, 0.05) is 5.69 Å². The maximum atomic E-state index is 12.3. The predicted molar refractivity (Wildman–Crippen MR) is 109 cm³/mol. The Morgan fingerprint density at radius 2 is 1.83 bits per heavy atom. The zero-order chi connectivity index (χ0) is 20.8. The Hall–Kier alpha value is -3.53. The molecule has 2 aromatic carbocycles. The van der Waals surface area contributed by atoms with Gasteiger partial charge in [-0.3, -0.25) is 4.79 Å². The van der Waals surface area contributed by atoms with E-state index in [4.69, 9.17) is 32.4 Å². The van der Waals surface area contributed by atoms with Gasteiger partial charge in [-0.05, 0) is 54.1 Å². The number of hydrogen-bond acceptors (Lipinski definition) is 5. The maximum absolute atomic E-state index is 12.3. The summed E-state index contributed by atoms with van der Waals surface area (Å²) in [6.07, 6.45) is 2.78. The number of anilines is 1. The maximum Gasteiger partial charge on any atom is 0.379 e. The number of ether oxygens (including phenoxy) is 1. The molecule has 1 heterocycles. The SMILES string of the molecule is N#C/C(=C/c1ccc(OC(=O)c2ccco2)cc1)C(=O)Nc1ccc(Cl)c(Cl)c1. The molecule has 0 fully saturated rings. The van der Waals surface area contributed by atoms with Crippen molar-refractivity contribution >= 4 is 46.8 Å². The van der Waals surface area contributed by atoms with Gasteiger partial charge in [0.25, 0.3) is 5.91 Å². The smallest absolute Gasteiger partial charge is 0.379 e. The van der Waals surface area contributed by atoms with Crippen LogP contribution < -0.4 is 10.1 Å². The summed E-state index contributed by atoms with van der Waals surface area (Å²) in [5.41, 5.74) is 0.866. The average Bonchev–Trinajstić information content (AvgIpc) is 3.25. The van der Waals surface area contributed by atoms with E-state index < -0.39 is 11.9 Å². The van der Waals surface area contributed by atoms with Crippen molar-refractivity contribution in [1.82, 2.24) is 0 Å². The topological polar surface area (TPSA) is 92.3 Å². The third kappa shape index (κ3) is 5.26. The number of carbonyl (C=O) groups excluding carboxylic acids is 2. The number of esters is 1. The Labute approximate surface area is 175 Å². The Bertz CT molecular complexity index is 1110. The van der Waals surface area contributed by atoms with Crippen molar-refractivity contribution < 1.29 is 18.7 Å². The van der Waals surface area contributed by atoms with Gasteiger partial charge in [-0.1, -0.05) is 35.3 Å². The summed E-state index contributed by atoms with van der Waals surface area (Å²) in [5.74, 6) is -0.849. The average molecular weight is 427 g/mol. The molecule has 3 aromatic rings. The fourth-order valence-corrected chi connectivity index (χ4v) is 2.57. The van der Waals surface area contributed by atoms with Crippen LogP contribution >= 0.6 is 23.2 Å². The van der Waals surface area contributed by atoms with Gasteiger partial charge in [-0.25, -0.2) is 4.79 Å². The second-order valence-corrected chi connectivity index (χ2v) is 6.50. The van der Waals surface area contributed by atoms with Crippen LogP contribution in [0.3, 0.4) is 0 Å². The van der Waals surface area contributed by atoms with Crippen molar-refractivity contribution in [3.63, 3.8) is 0 Å². The number of nitrogens with zero attached hydrogens (tertiary/aromatic N) is 1. The van der Waals surface area contributed by atoms with E-state index in [0.29, 0.717) is 22.0 Å². The molecular formula is C21H12Cl2N2O4. The van der Waals surface area contributed by atoms with Gasteiger partial charge in [0.2, 0.25) is 5.76 Å². The van der Waals surface area contributed by atoms with Gasteiger partial charge >= 0.3 is 5.97 Å². The van der Waals surface area contributed by atoms with Crippen LogP contribution in [0.5, 0.6) is 5.75 Å². The Balaban J connectivity index is 1.69. The summed E-state index contributed by atoms with van der Waals surface area (Å²) in [5, 5.41) is 12.5. The van der Waals surface area contributed by atoms with Crippen molar-refractivity contribution in [3.05, 3.63) is 87.8 Å². The number of nitrogens with one attached hydrogen (secondary N) is 1. The molecule has 0 radical (unpaired) electrons. The minimum absolute atomic E-state index is 0.0831. The van der Waals surface area contributed by atoms with Crippen molar-refractivity contribution in [1.29, 1.82) is 5.26 Å². The van der Waals surface area contributed by atoms with E-state index in [1.165, 1.54) is 30.5 Å². The van der Waals surface area contributed by atoms with E-state index in [1.807, 2.05) is 6.07 Å². The molecule has 0 bridgehead atoms. The highest BCUT2D eigenvalue weighted by molar-refractivity contribution is 6.42. The van der Waals surface area contributed by atoms with Crippen LogP contribution in [0.1, 0.15) is 16.1 Å². The van der Waals surface area contributed by atoms with Gasteiger partial charge in [0.15, 0.2) is 0 Å². The van der Waals surface area contributed by atoms with E-state index in [9.17, 15) is 14.9 Å². The summed E-state index contributed by atoms with van der Waals surface area (Å²) in [4.78, 5) is 24.2. The number of furan rings is 1. The molecule has 6 nitrogen and oxygen atoms in total. The molecule has 0 saturated carbocycles. The summed E-state index contributed by atoms with van der Waals surface area (Å²) in [6.45, 7) is 0. The molecule has 8 heteroatoms. The fourth-order valence-electron chi connectivity index (χ4n) is 2.27. The molecule has 3 rings (SSSR count). The van der Waals surface area contributed by atoms with Gasteiger partial charge in [-0.2, -0.15) is 5.26 Å². The van der Waals surface area contributed by atoms with E-state index in [-0.39, 0.29) is 16.4 Å². The lowest BCUT2D eigenvalue weighted by Gasteiger charge is -2.06. The largest absolute Gasteiger partial charge is 0.457 e. The number of halogens is 2. The standard InChI is InChI=1S/C21H12Cl2N2O4/c22-17-8-5-15(11-18(17)23)25-20(26)14(12-24)10-13-3-6-16(7-4-13)29-21(27)19-2-1-9-28-19/h1-11H,(H,25,26)/b14-10-. The van der Waals surface area contributed by atoms with Crippen LogP contribution in [-0.2, 0) is 4.79 Å². The zero-order valence-electron chi connectivity index (χ0n) is 14.7. The summed E-state index contributed by atoms with van der Waals surface area (Å²) >= 11 is 11.8. The van der Waals surface area contributed by atoms with Crippen LogP contribution in [-0.4, -0.2) is 11.9 Å². The molecule has 29 heavy (non-hydrogen) atoms. The van der Waals surface area contributed by atoms with Crippen molar-refractivity contribution in [2.24, 2.45) is 0 Å². The molecule has 0 aliphatic carbocycles. The summed E-state index contributed by atoms with van der Waals surface area (Å²) in [7, 11) is 0. The molecule has 0 saturated heterocycles. The molecule has 0 spiro atoms. The third-order valence-electron chi connectivity index (χ3n) is 3.67. The zero-order valence-corrected chi connectivity index (χ0v) is 16.2.